The van der Waals surface area contributed by atoms with Crippen LogP contribution in [-0.2, 0) is 32.0 Å². The zero-order valence-electron chi connectivity index (χ0n) is 22.7. The second-order valence-electron chi connectivity index (χ2n) is 9.86. The maximum absolute atomic E-state index is 12.2. The van der Waals surface area contributed by atoms with Crippen LogP contribution in [0.25, 0.3) is 21.8 Å². The van der Waals surface area contributed by atoms with E-state index in [4.69, 9.17) is 18.9 Å². The highest BCUT2D eigenvalue weighted by Gasteiger charge is 2.21. The van der Waals surface area contributed by atoms with Gasteiger partial charge in [-0.25, -0.2) is 4.79 Å². The smallest absolute Gasteiger partial charge is 0.336 e. The number of nitrogens with zero attached hydrogens (tertiary/aromatic N) is 2. The van der Waals surface area contributed by atoms with E-state index in [9.17, 15) is 24.3 Å². The number of aldehydes is 1. The van der Waals surface area contributed by atoms with Crippen LogP contribution in [-0.4, -0.2) is 65.5 Å². The normalized spacial score (nSPS) is 15.8. The van der Waals surface area contributed by atoms with Gasteiger partial charge in [-0.3, -0.25) is 14.4 Å². The van der Waals surface area contributed by atoms with E-state index in [1.165, 1.54) is 10.6 Å². The summed E-state index contributed by atoms with van der Waals surface area (Å²) in [7, 11) is 0. The molecule has 0 aliphatic carbocycles. The first-order valence-corrected chi connectivity index (χ1v) is 13.2. The number of hydrogen-bond acceptors (Lipinski definition) is 8. The van der Waals surface area contributed by atoms with E-state index in [0.717, 1.165) is 28.1 Å². The highest BCUT2D eigenvalue weighted by atomic mass is 16.7. The molecule has 2 fully saturated rings. The number of pyridine rings is 2. The Kier molecular flexibility index (Phi) is 8.41. The molecule has 214 valence electrons. The molecule has 1 N–H and O–H groups in total. The Labute approximate surface area is 234 Å². The predicted molar refractivity (Wildman–Crippen MR) is 150 cm³/mol. The molecule has 2 saturated heterocycles. The lowest BCUT2D eigenvalue weighted by Crippen LogP contribution is -2.28. The molecule has 11 nitrogen and oxygen atoms in total. The second kappa shape index (κ2) is 12.1. The highest BCUT2D eigenvalue weighted by Crippen LogP contribution is 2.21. The number of aryl methyl sites for hydroxylation is 2. The van der Waals surface area contributed by atoms with Gasteiger partial charge in [0, 0.05) is 28.5 Å². The van der Waals surface area contributed by atoms with Crippen molar-refractivity contribution in [3.8, 4) is 0 Å². The SMILES string of the molecule is Cc1ccc2c(C(=O)O)cc(=O)n(CC3OCCO3)c2c1.Cc1ccc2c(C=O)cc(=O)n(CC3OCCO3)c2c1. The summed E-state index contributed by atoms with van der Waals surface area (Å²) in [5.74, 6) is -1.11. The Balaban J connectivity index is 0.000000165. The summed E-state index contributed by atoms with van der Waals surface area (Å²) in [6, 6.07) is 13.5. The summed E-state index contributed by atoms with van der Waals surface area (Å²) >= 11 is 0. The van der Waals surface area contributed by atoms with Gasteiger partial charge in [-0.1, -0.05) is 24.3 Å². The molecular weight excluding hydrogens is 532 g/mol. The first-order chi connectivity index (χ1) is 19.7. The van der Waals surface area contributed by atoms with Crippen molar-refractivity contribution in [2.75, 3.05) is 26.4 Å². The number of ether oxygens (including phenoxy) is 4. The molecule has 0 bridgehead atoms. The molecule has 41 heavy (non-hydrogen) atoms. The van der Waals surface area contributed by atoms with Gasteiger partial charge in [0.25, 0.3) is 11.1 Å². The molecule has 0 spiro atoms. The van der Waals surface area contributed by atoms with Gasteiger partial charge < -0.3 is 33.2 Å². The summed E-state index contributed by atoms with van der Waals surface area (Å²) < 4.78 is 24.6. The molecule has 2 aromatic carbocycles. The van der Waals surface area contributed by atoms with Crippen molar-refractivity contribution in [1.82, 2.24) is 9.13 Å². The molecular formula is C30H30N2O9. The molecule has 11 heteroatoms. The largest absolute Gasteiger partial charge is 0.478 e. The molecule has 4 heterocycles. The van der Waals surface area contributed by atoms with Crippen LogP contribution >= 0.6 is 0 Å². The van der Waals surface area contributed by atoms with Crippen molar-refractivity contribution in [1.29, 1.82) is 0 Å². The Morgan fingerprint density at radius 2 is 1.24 bits per heavy atom. The van der Waals surface area contributed by atoms with Gasteiger partial charge in [-0.15, -0.1) is 0 Å². The summed E-state index contributed by atoms with van der Waals surface area (Å²) in [6.45, 7) is 6.52. The van der Waals surface area contributed by atoms with E-state index in [1.54, 1.807) is 16.7 Å². The van der Waals surface area contributed by atoms with E-state index < -0.39 is 18.5 Å². The number of rotatable bonds is 6. The van der Waals surface area contributed by atoms with Crippen molar-refractivity contribution >= 4 is 34.1 Å². The van der Waals surface area contributed by atoms with Crippen LogP contribution in [0.4, 0.5) is 0 Å². The topological polar surface area (TPSA) is 135 Å². The van der Waals surface area contributed by atoms with E-state index >= 15 is 0 Å². The van der Waals surface area contributed by atoms with Crippen molar-refractivity contribution < 1.29 is 33.6 Å². The average molecular weight is 563 g/mol. The van der Waals surface area contributed by atoms with Crippen LogP contribution in [0.3, 0.4) is 0 Å². The number of carbonyl (C=O) groups excluding carboxylic acids is 1. The summed E-state index contributed by atoms with van der Waals surface area (Å²) in [5, 5.41) is 10.6. The fraction of sp³-hybridized carbons (Fsp3) is 0.333. The summed E-state index contributed by atoms with van der Waals surface area (Å²) in [4.78, 5) is 46.9. The van der Waals surface area contributed by atoms with Crippen LogP contribution in [0.1, 0.15) is 31.8 Å². The Morgan fingerprint density at radius 1 is 0.780 bits per heavy atom. The predicted octanol–water partition coefficient (Wildman–Crippen LogP) is 2.88. The van der Waals surface area contributed by atoms with E-state index in [2.05, 4.69) is 0 Å². The molecule has 4 aromatic rings. The number of carbonyl (C=O) groups is 2. The van der Waals surface area contributed by atoms with Gasteiger partial charge >= 0.3 is 5.97 Å². The minimum absolute atomic E-state index is 0.0134. The van der Waals surface area contributed by atoms with Crippen molar-refractivity contribution in [3.63, 3.8) is 0 Å². The number of fused-ring (bicyclic) bond motifs is 2. The fourth-order valence-corrected chi connectivity index (χ4v) is 4.98. The second-order valence-corrected chi connectivity index (χ2v) is 9.86. The van der Waals surface area contributed by atoms with E-state index in [-0.39, 0.29) is 23.2 Å². The number of carboxylic acids is 1. The minimum atomic E-state index is -1.11. The van der Waals surface area contributed by atoms with Gasteiger partial charge in [0.15, 0.2) is 18.9 Å². The lowest BCUT2D eigenvalue weighted by molar-refractivity contribution is -0.0525. The van der Waals surface area contributed by atoms with E-state index in [1.807, 2.05) is 38.1 Å². The monoisotopic (exact) mass is 562 g/mol. The molecule has 2 aromatic heterocycles. The minimum Gasteiger partial charge on any atom is -0.478 e. The van der Waals surface area contributed by atoms with Gasteiger partial charge in [-0.05, 0) is 37.1 Å². The Hall–Kier alpha value is -4.16. The molecule has 0 atom stereocenters. The third-order valence-corrected chi connectivity index (χ3v) is 6.97. The first kappa shape index (κ1) is 28.4. The standard InChI is InChI=1S/C15H15NO5.C15H15NO4/c1-9-2-3-10-11(15(18)19)7-13(17)16(12(10)6-9)8-14-20-4-5-21-14;1-10-2-3-12-11(9-17)7-14(18)16(13(12)6-10)8-15-19-4-5-20-15/h2-3,6-7,14H,4-5,8H2,1H3,(H,18,19);2-3,6-7,9,15H,4-5,8H2,1H3. The lowest BCUT2D eigenvalue weighted by atomic mass is 10.1. The first-order valence-electron chi connectivity index (χ1n) is 13.2. The number of carboxylic acid groups (broad SMARTS) is 1. The van der Waals surface area contributed by atoms with Crippen LogP contribution in [0, 0.1) is 13.8 Å². The van der Waals surface area contributed by atoms with Crippen LogP contribution in [0.15, 0.2) is 58.1 Å². The maximum atomic E-state index is 12.2. The fourth-order valence-electron chi connectivity index (χ4n) is 4.98. The van der Waals surface area contributed by atoms with Crippen LogP contribution in [0.2, 0.25) is 0 Å². The Bertz CT molecular complexity index is 1730. The molecule has 6 rings (SSSR count). The van der Waals surface area contributed by atoms with Crippen molar-refractivity contribution in [2.24, 2.45) is 0 Å². The highest BCUT2D eigenvalue weighted by molar-refractivity contribution is 6.02. The number of benzene rings is 2. The van der Waals surface area contributed by atoms with Crippen LogP contribution in [0.5, 0.6) is 0 Å². The van der Waals surface area contributed by atoms with Gasteiger partial charge in [0.05, 0.1) is 56.1 Å². The Morgan fingerprint density at radius 3 is 1.73 bits per heavy atom. The molecule has 2 aliphatic heterocycles. The molecule has 0 saturated carbocycles. The van der Waals surface area contributed by atoms with Gasteiger partial charge in [0.2, 0.25) is 0 Å². The van der Waals surface area contributed by atoms with Crippen LogP contribution < -0.4 is 11.1 Å². The van der Waals surface area contributed by atoms with Crippen molar-refractivity contribution in [3.05, 3.63) is 91.5 Å². The average Bonchev–Trinajstić information content (AvgIpc) is 3.66. The number of hydrogen-bond donors (Lipinski definition) is 1. The van der Waals surface area contributed by atoms with Gasteiger partial charge in [0.1, 0.15) is 0 Å². The molecule has 2 aliphatic rings. The zero-order valence-corrected chi connectivity index (χ0v) is 22.7. The third kappa shape index (κ3) is 6.13. The molecule has 0 radical (unpaired) electrons. The quantitative estimate of drug-likeness (QED) is 0.352. The molecule has 0 amide bonds. The van der Waals surface area contributed by atoms with E-state index in [0.29, 0.717) is 55.7 Å². The third-order valence-electron chi connectivity index (χ3n) is 6.97. The summed E-state index contributed by atoms with van der Waals surface area (Å²) in [6.07, 6.45) is -0.160. The number of aromatic nitrogens is 2. The zero-order chi connectivity index (χ0) is 29.1. The van der Waals surface area contributed by atoms with Crippen molar-refractivity contribution in [2.45, 2.75) is 39.5 Å². The lowest BCUT2D eigenvalue weighted by Gasteiger charge is -2.15. The van der Waals surface area contributed by atoms with Gasteiger partial charge in [-0.2, -0.15) is 0 Å². The molecule has 0 unspecified atom stereocenters. The maximum Gasteiger partial charge on any atom is 0.336 e. The number of aromatic carboxylic acids is 1. The summed E-state index contributed by atoms with van der Waals surface area (Å²) in [5.41, 5.74) is 3.13.